The fourth-order valence-electron chi connectivity index (χ4n) is 4.41. The van der Waals surface area contributed by atoms with Gasteiger partial charge >= 0.3 is 0 Å². The Bertz CT molecular complexity index is 1110. The van der Waals surface area contributed by atoms with E-state index in [4.69, 9.17) is 0 Å². The molecule has 0 spiro atoms. The molecule has 2 aromatic carbocycles. The van der Waals surface area contributed by atoms with Crippen molar-refractivity contribution >= 4 is 35.6 Å². The topological polar surface area (TPSA) is 78.5 Å². The average molecular weight is 502 g/mol. The minimum Gasteiger partial charge on any atom is -0.356 e. The standard InChI is InChI=1S/C31H39N3O3/c1-2-13-29(35)32-22-11-3-4-12-23-33-30(36)18-9-10-19-31(37)34-24-27-16-6-5-14-25(27)20-21-26-15-7-8-17-28(26)34/h2,5-8,13-17,20-21H,3-4,9-12,18-19,22-24H2,1H3,(H,32,35)(H,33,36)/b13-2+,21-20-. The Morgan fingerprint density at radius 1 is 0.784 bits per heavy atom. The zero-order valence-corrected chi connectivity index (χ0v) is 21.9. The molecule has 0 fully saturated rings. The quantitative estimate of drug-likeness (QED) is 0.276. The summed E-state index contributed by atoms with van der Waals surface area (Å²) in [5.41, 5.74) is 4.21. The van der Waals surface area contributed by atoms with Crippen LogP contribution in [-0.4, -0.2) is 30.8 Å². The normalized spacial score (nSPS) is 13.3. The van der Waals surface area contributed by atoms with E-state index in [0.717, 1.165) is 48.1 Å². The highest BCUT2D eigenvalue weighted by atomic mass is 16.2. The molecule has 196 valence electrons. The zero-order valence-electron chi connectivity index (χ0n) is 21.9. The van der Waals surface area contributed by atoms with Crippen molar-refractivity contribution in [3.8, 4) is 0 Å². The summed E-state index contributed by atoms with van der Waals surface area (Å²) in [7, 11) is 0. The van der Waals surface area contributed by atoms with Gasteiger partial charge in [0.25, 0.3) is 0 Å². The first-order chi connectivity index (χ1) is 18.1. The Hall–Kier alpha value is -3.67. The third kappa shape index (κ3) is 9.37. The van der Waals surface area contributed by atoms with Gasteiger partial charge in [0.05, 0.1) is 12.2 Å². The van der Waals surface area contributed by atoms with Crippen molar-refractivity contribution < 1.29 is 14.4 Å². The number of nitrogens with one attached hydrogen (secondary N) is 2. The minimum atomic E-state index is -0.0503. The second kappa shape index (κ2) is 15.4. The van der Waals surface area contributed by atoms with Gasteiger partial charge in [-0.15, -0.1) is 0 Å². The van der Waals surface area contributed by atoms with Crippen LogP contribution in [0, 0.1) is 0 Å². The van der Waals surface area contributed by atoms with E-state index in [0.29, 0.717) is 45.3 Å². The summed E-state index contributed by atoms with van der Waals surface area (Å²) in [5, 5.41) is 5.82. The maximum atomic E-state index is 13.2. The van der Waals surface area contributed by atoms with Crippen molar-refractivity contribution in [1.82, 2.24) is 10.6 Å². The first-order valence-corrected chi connectivity index (χ1v) is 13.4. The number of amides is 3. The third-order valence-electron chi connectivity index (χ3n) is 6.44. The van der Waals surface area contributed by atoms with Crippen LogP contribution in [0.25, 0.3) is 12.2 Å². The third-order valence-corrected chi connectivity index (χ3v) is 6.44. The summed E-state index contributed by atoms with van der Waals surface area (Å²) < 4.78 is 0. The number of para-hydroxylation sites is 1. The number of hydrogen-bond donors (Lipinski definition) is 2. The molecule has 0 unspecified atom stereocenters. The number of allylic oxidation sites excluding steroid dienone is 1. The molecule has 0 aromatic heterocycles. The summed E-state index contributed by atoms with van der Waals surface area (Å²) >= 11 is 0. The number of rotatable bonds is 13. The molecule has 1 aliphatic rings. The van der Waals surface area contributed by atoms with Crippen LogP contribution >= 0.6 is 0 Å². The zero-order chi connectivity index (χ0) is 26.3. The summed E-state index contributed by atoms with van der Waals surface area (Å²) in [5.74, 6) is 0.0762. The molecule has 6 heteroatoms. The number of carbonyl (C=O) groups excluding carboxylic acids is 3. The first-order valence-electron chi connectivity index (χ1n) is 13.4. The molecular formula is C31H39N3O3. The molecule has 3 rings (SSSR count). The Morgan fingerprint density at radius 2 is 1.43 bits per heavy atom. The first kappa shape index (κ1) is 27.9. The van der Waals surface area contributed by atoms with Crippen LogP contribution in [0.5, 0.6) is 0 Å². The van der Waals surface area contributed by atoms with Gasteiger partial charge in [-0.05, 0) is 61.4 Å². The summed E-state index contributed by atoms with van der Waals surface area (Å²) in [6.07, 6.45) is 13.6. The Kier molecular flexibility index (Phi) is 11.6. The Balaban J connectivity index is 1.34. The predicted molar refractivity (Wildman–Crippen MR) is 151 cm³/mol. The number of unbranched alkanes of at least 4 members (excludes halogenated alkanes) is 4. The van der Waals surface area contributed by atoms with Crippen molar-refractivity contribution in [2.75, 3.05) is 18.0 Å². The Labute approximate surface area is 220 Å². The lowest BCUT2D eigenvalue weighted by Crippen LogP contribution is -2.31. The lowest BCUT2D eigenvalue weighted by atomic mass is 10.0. The molecule has 3 amide bonds. The van der Waals surface area contributed by atoms with Crippen molar-refractivity contribution in [3.63, 3.8) is 0 Å². The van der Waals surface area contributed by atoms with Gasteiger partial charge in [-0.3, -0.25) is 14.4 Å². The maximum Gasteiger partial charge on any atom is 0.243 e. The van der Waals surface area contributed by atoms with Crippen molar-refractivity contribution in [3.05, 3.63) is 77.4 Å². The lowest BCUT2D eigenvalue weighted by molar-refractivity contribution is -0.122. The molecule has 0 aliphatic carbocycles. The fraction of sp³-hybridized carbons (Fsp3) is 0.387. The second-order valence-electron chi connectivity index (χ2n) is 9.33. The van der Waals surface area contributed by atoms with E-state index in [9.17, 15) is 14.4 Å². The van der Waals surface area contributed by atoms with Crippen LogP contribution in [0.4, 0.5) is 5.69 Å². The van der Waals surface area contributed by atoms with Crippen LogP contribution in [-0.2, 0) is 20.9 Å². The Morgan fingerprint density at radius 3 is 2.22 bits per heavy atom. The highest BCUT2D eigenvalue weighted by Gasteiger charge is 2.20. The molecule has 0 atom stereocenters. The van der Waals surface area contributed by atoms with Crippen LogP contribution in [0.2, 0.25) is 0 Å². The summed E-state index contributed by atoms with van der Waals surface area (Å²) in [6.45, 7) is 3.71. The van der Waals surface area contributed by atoms with E-state index < -0.39 is 0 Å². The van der Waals surface area contributed by atoms with E-state index in [-0.39, 0.29) is 17.7 Å². The number of nitrogens with zero attached hydrogens (tertiary/aromatic N) is 1. The van der Waals surface area contributed by atoms with Crippen LogP contribution in [0.1, 0.15) is 75.0 Å². The van der Waals surface area contributed by atoms with Gasteiger partial charge in [-0.25, -0.2) is 0 Å². The van der Waals surface area contributed by atoms with Gasteiger partial charge < -0.3 is 15.5 Å². The van der Waals surface area contributed by atoms with Gasteiger partial charge in [0.1, 0.15) is 0 Å². The molecule has 0 saturated heterocycles. The summed E-state index contributed by atoms with van der Waals surface area (Å²) in [4.78, 5) is 38.6. The molecule has 0 radical (unpaired) electrons. The van der Waals surface area contributed by atoms with Gasteiger partial charge in [0.2, 0.25) is 17.7 Å². The van der Waals surface area contributed by atoms with Gasteiger partial charge in [0.15, 0.2) is 0 Å². The SMILES string of the molecule is C/C=C/C(=O)NCCCCCCNC(=O)CCCCC(=O)N1Cc2ccccc2/C=C\c2ccccc21. The number of anilines is 1. The van der Waals surface area contributed by atoms with Crippen LogP contribution in [0.15, 0.2) is 60.7 Å². The molecule has 1 heterocycles. The second-order valence-corrected chi connectivity index (χ2v) is 9.33. The van der Waals surface area contributed by atoms with Gasteiger partial charge in [0, 0.05) is 25.9 Å². The van der Waals surface area contributed by atoms with E-state index in [1.165, 1.54) is 6.08 Å². The lowest BCUT2D eigenvalue weighted by Gasteiger charge is -2.27. The van der Waals surface area contributed by atoms with Crippen LogP contribution in [0.3, 0.4) is 0 Å². The molecule has 2 aromatic rings. The van der Waals surface area contributed by atoms with E-state index in [1.807, 2.05) is 48.2 Å². The van der Waals surface area contributed by atoms with Crippen molar-refractivity contribution in [1.29, 1.82) is 0 Å². The molecule has 0 bridgehead atoms. The van der Waals surface area contributed by atoms with Crippen LogP contribution < -0.4 is 15.5 Å². The predicted octanol–water partition coefficient (Wildman–Crippen LogP) is 5.63. The number of hydrogen-bond acceptors (Lipinski definition) is 3. The van der Waals surface area contributed by atoms with Gasteiger partial charge in [-0.1, -0.05) is 73.5 Å². The molecule has 1 aliphatic heterocycles. The van der Waals surface area contributed by atoms with Crippen molar-refractivity contribution in [2.45, 2.75) is 64.8 Å². The number of carbonyl (C=O) groups is 3. The number of benzene rings is 2. The highest BCUT2D eigenvalue weighted by Crippen LogP contribution is 2.29. The molecule has 37 heavy (non-hydrogen) atoms. The molecular weight excluding hydrogens is 462 g/mol. The average Bonchev–Trinajstić information content (AvgIpc) is 2.89. The molecule has 2 N–H and O–H groups in total. The number of fused-ring (bicyclic) bond motifs is 2. The molecule has 6 nitrogen and oxygen atoms in total. The molecule has 0 saturated carbocycles. The minimum absolute atomic E-state index is 0.0433. The van der Waals surface area contributed by atoms with Crippen molar-refractivity contribution in [2.24, 2.45) is 0 Å². The highest BCUT2D eigenvalue weighted by molar-refractivity contribution is 5.97. The van der Waals surface area contributed by atoms with Gasteiger partial charge in [-0.2, -0.15) is 0 Å². The largest absolute Gasteiger partial charge is 0.356 e. The van der Waals surface area contributed by atoms with E-state index >= 15 is 0 Å². The smallest absolute Gasteiger partial charge is 0.243 e. The monoisotopic (exact) mass is 501 g/mol. The van der Waals surface area contributed by atoms with E-state index in [2.05, 4.69) is 34.9 Å². The summed E-state index contributed by atoms with van der Waals surface area (Å²) in [6, 6.07) is 16.2. The maximum absolute atomic E-state index is 13.2. The van der Waals surface area contributed by atoms with E-state index in [1.54, 1.807) is 6.08 Å². The fourth-order valence-corrected chi connectivity index (χ4v) is 4.41.